The van der Waals surface area contributed by atoms with Crippen molar-refractivity contribution in [2.45, 2.75) is 24.7 Å². The molecule has 3 unspecified atom stereocenters. The van der Waals surface area contributed by atoms with Crippen LogP contribution in [0.3, 0.4) is 0 Å². The molecule has 5 rings (SSSR count). The van der Waals surface area contributed by atoms with E-state index in [9.17, 15) is 4.79 Å². The molecule has 170 valence electrons. The number of nitrogens with zero attached hydrogens (tertiary/aromatic N) is 1. The third kappa shape index (κ3) is 4.22. The second kappa shape index (κ2) is 8.93. The van der Waals surface area contributed by atoms with Gasteiger partial charge in [-0.1, -0.05) is 58.4 Å². The number of fused-ring (bicyclic) bond motifs is 1. The highest BCUT2D eigenvalue weighted by Crippen LogP contribution is 2.44. The van der Waals surface area contributed by atoms with Crippen molar-refractivity contribution in [2.24, 2.45) is 0 Å². The first-order chi connectivity index (χ1) is 16.0. The molecule has 1 fully saturated rings. The minimum absolute atomic E-state index is 0.00476. The molecule has 3 heterocycles. The van der Waals surface area contributed by atoms with Crippen LogP contribution in [0.5, 0.6) is 11.7 Å². The Morgan fingerprint density at radius 3 is 2.58 bits per heavy atom. The first-order valence-electron chi connectivity index (χ1n) is 10.4. The summed E-state index contributed by atoms with van der Waals surface area (Å²) in [6, 6.07) is 21.2. The summed E-state index contributed by atoms with van der Waals surface area (Å²) in [6.07, 6.45) is -0.897. The van der Waals surface area contributed by atoms with Gasteiger partial charge >= 0.3 is 6.16 Å². The lowest BCUT2D eigenvalue weighted by Gasteiger charge is -2.42. The number of hydrogen-bond acceptors (Lipinski definition) is 7. The number of methoxy groups -OCH3 is 1. The maximum Gasteiger partial charge on any atom is 0.513 e. The fraction of sp³-hybridized carbons (Fsp3) is 0.208. The van der Waals surface area contributed by atoms with Gasteiger partial charge in [-0.25, -0.2) is 4.79 Å². The molecule has 0 aliphatic carbocycles. The summed E-state index contributed by atoms with van der Waals surface area (Å²) in [5, 5.41) is 14.7. The minimum Gasteiger partial charge on any atom is -0.497 e. The van der Waals surface area contributed by atoms with Crippen LogP contribution in [0.15, 0.2) is 75.6 Å². The molecule has 0 bridgehead atoms. The summed E-state index contributed by atoms with van der Waals surface area (Å²) >= 11 is 3.80. The number of rotatable bonds is 5. The van der Waals surface area contributed by atoms with Crippen molar-refractivity contribution in [2.75, 3.05) is 7.11 Å². The first-order valence-corrected chi connectivity index (χ1v) is 11.2. The fourth-order valence-corrected chi connectivity index (χ4v) is 4.97. The Hall–Kier alpha value is -3.27. The molecule has 1 saturated heterocycles. The van der Waals surface area contributed by atoms with E-state index in [0.717, 1.165) is 27.1 Å². The second-order valence-electron chi connectivity index (χ2n) is 7.78. The third-order valence-corrected chi connectivity index (χ3v) is 6.68. The molecule has 0 amide bonds. The highest BCUT2D eigenvalue weighted by Gasteiger charge is 2.44. The molecule has 0 radical (unpaired) electrons. The van der Waals surface area contributed by atoms with Gasteiger partial charge in [0.25, 0.3) is 5.95 Å². The first kappa shape index (κ1) is 21.6. The highest BCUT2D eigenvalue weighted by molar-refractivity contribution is 9.11. The maximum absolute atomic E-state index is 10.9. The van der Waals surface area contributed by atoms with Gasteiger partial charge in [-0.05, 0) is 35.7 Å². The predicted molar refractivity (Wildman–Crippen MR) is 125 cm³/mol. The van der Waals surface area contributed by atoms with E-state index >= 15 is 0 Å². The standard InChI is InChI=1S/C24H22BrN3O5/c1-31-16-9-7-14(8-10-16)18-13-17(19-11-12-20(32-19)33-24(29)30)26-23-21(25)22(27-28(18)23)15-5-3-2-4-6-15/h2-12,17-18,23,26-27H,13H2,1H3,(H,29,30). The van der Waals surface area contributed by atoms with Crippen molar-refractivity contribution in [1.82, 2.24) is 15.8 Å². The molecule has 8 nitrogen and oxygen atoms in total. The summed E-state index contributed by atoms with van der Waals surface area (Å²) in [7, 11) is 1.65. The minimum atomic E-state index is -1.41. The number of nitrogens with one attached hydrogen (secondary N) is 2. The molecule has 3 N–H and O–H groups in total. The molecule has 0 spiro atoms. The second-order valence-corrected chi connectivity index (χ2v) is 8.63. The predicted octanol–water partition coefficient (Wildman–Crippen LogP) is 5.03. The summed E-state index contributed by atoms with van der Waals surface area (Å²) in [5.74, 6) is 1.35. The van der Waals surface area contributed by atoms with Crippen LogP contribution in [0.25, 0.3) is 5.70 Å². The van der Waals surface area contributed by atoms with Gasteiger partial charge in [0, 0.05) is 6.07 Å². The molecule has 2 aliphatic rings. The van der Waals surface area contributed by atoms with Gasteiger partial charge in [-0.3, -0.25) is 5.32 Å². The Bertz CT molecular complexity index is 1180. The van der Waals surface area contributed by atoms with Gasteiger partial charge in [0.1, 0.15) is 17.7 Å². The summed E-state index contributed by atoms with van der Waals surface area (Å²) in [5.41, 5.74) is 6.75. The zero-order valence-electron chi connectivity index (χ0n) is 17.7. The Balaban J connectivity index is 1.50. The van der Waals surface area contributed by atoms with E-state index in [4.69, 9.17) is 14.3 Å². The number of ether oxygens (including phenoxy) is 2. The Labute approximate surface area is 198 Å². The Kier molecular flexibility index (Phi) is 5.84. The number of hydrogen-bond donors (Lipinski definition) is 3. The molecule has 9 heteroatoms. The van der Waals surface area contributed by atoms with Crippen LogP contribution in [0.1, 0.15) is 35.4 Å². The van der Waals surface area contributed by atoms with Gasteiger partial charge in [-0.2, -0.15) is 5.01 Å². The quantitative estimate of drug-likeness (QED) is 0.410. The van der Waals surface area contributed by atoms with Crippen molar-refractivity contribution in [3.63, 3.8) is 0 Å². The van der Waals surface area contributed by atoms with E-state index in [1.807, 2.05) is 30.3 Å². The summed E-state index contributed by atoms with van der Waals surface area (Å²) in [6.45, 7) is 0. The van der Waals surface area contributed by atoms with Crippen LogP contribution >= 0.6 is 15.9 Å². The molecule has 2 aromatic carbocycles. The topological polar surface area (TPSA) is 96.2 Å². The molecule has 2 aliphatic heterocycles. The average Bonchev–Trinajstić information content (AvgIpc) is 3.43. The summed E-state index contributed by atoms with van der Waals surface area (Å²) < 4.78 is 16.7. The van der Waals surface area contributed by atoms with E-state index in [-0.39, 0.29) is 24.2 Å². The van der Waals surface area contributed by atoms with Crippen molar-refractivity contribution in [3.8, 4) is 11.7 Å². The molecule has 1 aromatic heterocycles. The van der Waals surface area contributed by atoms with Crippen molar-refractivity contribution < 1.29 is 23.8 Å². The number of carbonyl (C=O) groups is 1. The van der Waals surface area contributed by atoms with Crippen molar-refractivity contribution in [1.29, 1.82) is 0 Å². The van der Waals surface area contributed by atoms with E-state index in [2.05, 4.69) is 60.7 Å². The lowest BCUT2D eigenvalue weighted by Crippen LogP contribution is -2.54. The van der Waals surface area contributed by atoms with E-state index < -0.39 is 6.16 Å². The highest BCUT2D eigenvalue weighted by atomic mass is 79.9. The van der Waals surface area contributed by atoms with Gasteiger partial charge in [0.2, 0.25) is 0 Å². The fourth-order valence-electron chi connectivity index (χ4n) is 4.30. The van der Waals surface area contributed by atoms with Gasteiger partial charge in [0.15, 0.2) is 0 Å². The number of carboxylic acid groups (broad SMARTS) is 1. The zero-order valence-corrected chi connectivity index (χ0v) is 19.3. The van der Waals surface area contributed by atoms with Crippen molar-refractivity contribution >= 4 is 27.8 Å². The molecule has 0 saturated carbocycles. The smallest absolute Gasteiger partial charge is 0.497 e. The van der Waals surface area contributed by atoms with Gasteiger partial charge in [-0.15, -0.1) is 0 Å². The van der Waals surface area contributed by atoms with E-state index in [0.29, 0.717) is 12.2 Å². The number of hydrazine groups is 1. The molecular formula is C24H22BrN3O5. The van der Waals surface area contributed by atoms with Crippen molar-refractivity contribution in [3.05, 3.63) is 88.1 Å². The van der Waals surface area contributed by atoms with Crippen LogP contribution in [-0.2, 0) is 0 Å². The van der Waals surface area contributed by atoms with Gasteiger partial charge < -0.3 is 24.4 Å². The maximum atomic E-state index is 10.9. The monoisotopic (exact) mass is 511 g/mol. The number of furan rings is 1. The number of benzene rings is 2. The number of halogens is 1. The largest absolute Gasteiger partial charge is 0.513 e. The van der Waals surface area contributed by atoms with Crippen LogP contribution in [-0.4, -0.2) is 29.5 Å². The normalized spacial score (nSPS) is 22.5. The zero-order chi connectivity index (χ0) is 22.9. The van der Waals surface area contributed by atoms with Crippen LogP contribution < -0.4 is 20.2 Å². The molecule has 3 aromatic rings. The SMILES string of the molecule is COc1ccc(C2CC(c3ccc(OC(=O)O)o3)NC3C(Br)=C(c4ccccc4)NN32)cc1. The average molecular weight is 512 g/mol. The Morgan fingerprint density at radius 2 is 1.88 bits per heavy atom. The Morgan fingerprint density at radius 1 is 1.12 bits per heavy atom. The third-order valence-electron chi connectivity index (χ3n) is 5.85. The summed E-state index contributed by atoms with van der Waals surface area (Å²) in [4.78, 5) is 10.9. The van der Waals surface area contributed by atoms with E-state index in [1.54, 1.807) is 13.2 Å². The molecule has 3 atom stereocenters. The lowest BCUT2D eigenvalue weighted by atomic mass is 9.94. The van der Waals surface area contributed by atoms with Crippen LogP contribution in [0.2, 0.25) is 0 Å². The van der Waals surface area contributed by atoms with E-state index in [1.165, 1.54) is 6.07 Å². The van der Waals surface area contributed by atoms with Gasteiger partial charge in [0.05, 0.1) is 29.4 Å². The van der Waals surface area contributed by atoms with Crippen LogP contribution in [0.4, 0.5) is 4.79 Å². The molecular weight excluding hydrogens is 490 g/mol. The van der Waals surface area contributed by atoms with Crippen LogP contribution in [0, 0.1) is 0 Å². The molecule has 33 heavy (non-hydrogen) atoms. The lowest BCUT2D eigenvalue weighted by molar-refractivity contribution is 0.0454.